The van der Waals surface area contributed by atoms with Gasteiger partial charge < -0.3 is 15.0 Å². The molecule has 0 atom stereocenters. The molecule has 3 nitrogen and oxygen atoms in total. The Bertz CT molecular complexity index is 516. The third-order valence-corrected chi connectivity index (χ3v) is 3.34. The third-order valence-electron chi connectivity index (χ3n) is 3.34. The Hall–Kier alpha value is -1.48. The Labute approximate surface area is 109 Å². The first kappa shape index (κ1) is 13.0. The Morgan fingerprint density at radius 1 is 1.33 bits per heavy atom. The number of ether oxygens (including phenoxy) is 1. The van der Waals surface area contributed by atoms with Crippen LogP contribution in [0.1, 0.15) is 25.3 Å². The molecule has 1 aromatic carbocycles. The van der Waals surface area contributed by atoms with Gasteiger partial charge >= 0.3 is 0 Å². The van der Waals surface area contributed by atoms with Crippen LogP contribution in [0.3, 0.4) is 0 Å². The molecule has 0 unspecified atom stereocenters. The maximum absolute atomic E-state index is 5.68. The van der Waals surface area contributed by atoms with Gasteiger partial charge in [-0.15, -0.1) is 0 Å². The summed E-state index contributed by atoms with van der Waals surface area (Å²) in [5.41, 5.74) is 8.28. The average Bonchev–Trinajstić information content (AvgIpc) is 2.74. The van der Waals surface area contributed by atoms with E-state index in [0.717, 1.165) is 18.7 Å². The summed E-state index contributed by atoms with van der Waals surface area (Å²) >= 11 is 0. The fourth-order valence-electron chi connectivity index (χ4n) is 2.34. The minimum Gasteiger partial charge on any atom is -0.497 e. The van der Waals surface area contributed by atoms with Crippen LogP contribution in [0, 0.1) is 0 Å². The van der Waals surface area contributed by atoms with E-state index in [2.05, 4.69) is 29.8 Å². The lowest BCUT2D eigenvalue weighted by molar-refractivity contribution is 0.415. The van der Waals surface area contributed by atoms with Gasteiger partial charge in [-0.1, -0.05) is 13.3 Å². The number of methoxy groups -OCH3 is 1. The van der Waals surface area contributed by atoms with Crippen LogP contribution in [-0.2, 0) is 13.0 Å². The number of hydrogen-bond acceptors (Lipinski definition) is 2. The molecule has 0 fully saturated rings. The molecule has 2 rings (SSSR count). The molecule has 0 bridgehead atoms. The van der Waals surface area contributed by atoms with Gasteiger partial charge in [0, 0.05) is 24.2 Å². The predicted molar refractivity (Wildman–Crippen MR) is 76.2 cm³/mol. The number of nitrogens with zero attached hydrogens (tertiary/aromatic N) is 1. The van der Waals surface area contributed by atoms with Crippen molar-refractivity contribution >= 4 is 10.9 Å². The summed E-state index contributed by atoms with van der Waals surface area (Å²) in [6.07, 6.45) is 5.58. The fourth-order valence-corrected chi connectivity index (χ4v) is 2.34. The van der Waals surface area contributed by atoms with Crippen molar-refractivity contribution in [2.24, 2.45) is 5.73 Å². The zero-order valence-corrected chi connectivity index (χ0v) is 11.3. The Morgan fingerprint density at radius 3 is 2.83 bits per heavy atom. The Kier molecular flexibility index (Phi) is 4.26. The highest BCUT2D eigenvalue weighted by Gasteiger charge is 2.08. The van der Waals surface area contributed by atoms with E-state index in [-0.39, 0.29) is 0 Å². The molecule has 0 spiro atoms. The molecule has 1 heterocycles. The molecule has 0 saturated heterocycles. The fraction of sp³-hybridized carbons (Fsp3) is 0.467. The number of aromatic nitrogens is 1. The zero-order valence-electron chi connectivity index (χ0n) is 11.3. The second-order valence-corrected chi connectivity index (χ2v) is 4.62. The highest BCUT2D eigenvalue weighted by Crippen LogP contribution is 2.26. The molecule has 2 N–H and O–H groups in total. The summed E-state index contributed by atoms with van der Waals surface area (Å²) in [6.45, 7) is 3.97. The van der Waals surface area contributed by atoms with E-state index in [1.165, 1.54) is 29.3 Å². The highest BCUT2D eigenvalue weighted by molar-refractivity contribution is 5.85. The molecule has 18 heavy (non-hydrogen) atoms. The Morgan fingerprint density at radius 2 is 2.17 bits per heavy atom. The number of aryl methyl sites for hydroxylation is 1. The van der Waals surface area contributed by atoms with Crippen LogP contribution in [0.15, 0.2) is 24.4 Å². The molecule has 0 aliphatic carbocycles. The van der Waals surface area contributed by atoms with E-state index < -0.39 is 0 Å². The van der Waals surface area contributed by atoms with Crippen molar-refractivity contribution in [1.82, 2.24) is 4.57 Å². The lowest BCUT2D eigenvalue weighted by Crippen LogP contribution is -2.02. The van der Waals surface area contributed by atoms with Gasteiger partial charge in [0.2, 0.25) is 0 Å². The molecule has 0 saturated carbocycles. The van der Waals surface area contributed by atoms with Gasteiger partial charge in [0.1, 0.15) is 5.75 Å². The standard InChI is InChI=1S/C15H22N2O/c1-3-4-9-17-11-12(7-8-16)14-6-5-13(18-2)10-15(14)17/h5-6,10-11H,3-4,7-9,16H2,1-2H3. The maximum atomic E-state index is 5.68. The van der Waals surface area contributed by atoms with Crippen LogP contribution < -0.4 is 10.5 Å². The van der Waals surface area contributed by atoms with Crippen LogP contribution in [0.2, 0.25) is 0 Å². The van der Waals surface area contributed by atoms with Crippen LogP contribution >= 0.6 is 0 Å². The van der Waals surface area contributed by atoms with E-state index in [4.69, 9.17) is 10.5 Å². The summed E-state index contributed by atoms with van der Waals surface area (Å²) in [7, 11) is 1.71. The molecule has 0 radical (unpaired) electrons. The molecular formula is C15H22N2O. The van der Waals surface area contributed by atoms with Crippen molar-refractivity contribution in [3.8, 4) is 5.75 Å². The SMILES string of the molecule is CCCCn1cc(CCN)c2ccc(OC)cc21. The van der Waals surface area contributed by atoms with Gasteiger partial charge in [-0.2, -0.15) is 0 Å². The van der Waals surface area contributed by atoms with Gasteiger partial charge in [-0.25, -0.2) is 0 Å². The first-order chi connectivity index (χ1) is 8.80. The molecule has 0 aliphatic heterocycles. The molecule has 2 aromatic rings. The molecular weight excluding hydrogens is 224 g/mol. The van der Waals surface area contributed by atoms with Crippen molar-refractivity contribution in [1.29, 1.82) is 0 Å². The van der Waals surface area contributed by atoms with Crippen LogP contribution in [0.25, 0.3) is 10.9 Å². The summed E-state index contributed by atoms with van der Waals surface area (Å²) in [6, 6.07) is 6.28. The first-order valence-corrected chi connectivity index (χ1v) is 6.66. The van der Waals surface area contributed by atoms with E-state index in [0.29, 0.717) is 6.54 Å². The average molecular weight is 246 g/mol. The van der Waals surface area contributed by atoms with Crippen LogP contribution in [0.4, 0.5) is 0 Å². The van der Waals surface area contributed by atoms with Crippen molar-refractivity contribution in [3.05, 3.63) is 30.0 Å². The largest absolute Gasteiger partial charge is 0.497 e. The van der Waals surface area contributed by atoms with E-state index >= 15 is 0 Å². The number of nitrogens with two attached hydrogens (primary N) is 1. The van der Waals surface area contributed by atoms with Crippen LogP contribution in [-0.4, -0.2) is 18.2 Å². The maximum Gasteiger partial charge on any atom is 0.120 e. The lowest BCUT2D eigenvalue weighted by atomic mass is 10.1. The zero-order chi connectivity index (χ0) is 13.0. The second-order valence-electron chi connectivity index (χ2n) is 4.62. The highest BCUT2D eigenvalue weighted by atomic mass is 16.5. The number of hydrogen-bond donors (Lipinski definition) is 1. The second kappa shape index (κ2) is 5.91. The first-order valence-electron chi connectivity index (χ1n) is 6.66. The minimum absolute atomic E-state index is 0.693. The summed E-state index contributed by atoms with van der Waals surface area (Å²) in [5.74, 6) is 0.914. The predicted octanol–water partition coefficient (Wildman–Crippen LogP) is 2.95. The van der Waals surface area contributed by atoms with Gasteiger partial charge in [0.05, 0.1) is 12.6 Å². The lowest BCUT2D eigenvalue weighted by Gasteiger charge is -2.05. The molecule has 98 valence electrons. The van der Waals surface area contributed by atoms with Crippen molar-refractivity contribution in [2.45, 2.75) is 32.7 Å². The van der Waals surface area contributed by atoms with Crippen molar-refractivity contribution in [3.63, 3.8) is 0 Å². The molecule has 0 aliphatic rings. The number of fused-ring (bicyclic) bond motifs is 1. The van der Waals surface area contributed by atoms with Crippen molar-refractivity contribution in [2.75, 3.05) is 13.7 Å². The summed E-state index contributed by atoms with van der Waals surface area (Å²) in [4.78, 5) is 0. The van der Waals surface area contributed by atoms with E-state index in [1.54, 1.807) is 7.11 Å². The van der Waals surface area contributed by atoms with Gasteiger partial charge in [0.25, 0.3) is 0 Å². The molecule has 1 aromatic heterocycles. The smallest absolute Gasteiger partial charge is 0.120 e. The number of rotatable bonds is 6. The molecule has 3 heteroatoms. The monoisotopic (exact) mass is 246 g/mol. The number of benzene rings is 1. The normalized spacial score (nSPS) is 11.1. The van der Waals surface area contributed by atoms with E-state index in [9.17, 15) is 0 Å². The summed E-state index contributed by atoms with van der Waals surface area (Å²) < 4.78 is 7.64. The van der Waals surface area contributed by atoms with Gasteiger partial charge in [-0.05, 0) is 37.1 Å². The van der Waals surface area contributed by atoms with Crippen molar-refractivity contribution < 1.29 is 4.74 Å². The van der Waals surface area contributed by atoms with E-state index in [1.807, 2.05) is 6.07 Å². The molecule has 0 amide bonds. The minimum atomic E-state index is 0.693. The van der Waals surface area contributed by atoms with Crippen LogP contribution in [0.5, 0.6) is 5.75 Å². The number of unbranched alkanes of at least 4 members (excludes halogenated alkanes) is 1. The van der Waals surface area contributed by atoms with Gasteiger partial charge in [0.15, 0.2) is 0 Å². The van der Waals surface area contributed by atoms with Gasteiger partial charge in [-0.3, -0.25) is 0 Å². The topological polar surface area (TPSA) is 40.2 Å². The third kappa shape index (κ3) is 2.51. The Balaban J connectivity index is 2.46. The summed E-state index contributed by atoms with van der Waals surface area (Å²) in [5, 5.41) is 1.30. The quantitative estimate of drug-likeness (QED) is 0.851.